The predicted octanol–water partition coefficient (Wildman–Crippen LogP) is 3.22. The van der Waals surface area contributed by atoms with E-state index in [9.17, 15) is 9.18 Å². The van der Waals surface area contributed by atoms with Crippen molar-refractivity contribution in [3.8, 4) is 5.75 Å². The van der Waals surface area contributed by atoms with E-state index in [-0.39, 0.29) is 30.5 Å². The van der Waals surface area contributed by atoms with E-state index in [2.05, 4.69) is 5.32 Å². The minimum absolute atomic E-state index is 0. The molecule has 0 bridgehead atoms. The van der Waals surface area contributed by atoms with Crippen LogP contribution in [0.3, 0.4) is 0 Å². The molecule has 0 unspecified atom stereocenters. The van der Waals surface area contributed by atoms with Gasteiger partial charge in [-0.25, -0.2) is 4.39 Å². The molecule has 0 fully saturated rings. The van der Waals surface area contributed by atoms with E-state index >= 15 is 0 Å². The second-order valence-electron chi connectivity index (χ2n) is 5.82. The number of nitrogens with two attached hydrogens (primary N) is 1. The molecule has 0 aliphatic carbocycles. The van der Waals surface area contributed by atoms with Crippen LogP contribution >= 0.6 is 12.4 Å². The predicted molar refractivity (Wildman–Crippen MR) is 89.3 cm³/mol. The second kappa shape index (κ2) is 9.43. The van der Waals surface area contributed by atoms with Crippen LogP contribution in [0.15, 0.2) is 36.2 Å². The molecule has 0 radical (unpaired) electrons. The van der Waals surface area contributed by atoms with Crippen LogP contribution in [0.2, 0.25) is 0 Å². The van der Waals surface area contributed by atoms with Crippen LogP contribution in [-0.4, -0.2) is 24.6 Å². The maximum atomic E-state index is 12.5. The summed E-state index contributed by atoms with van der Waals surface area (Å²) in [6.45, 7) is 6.30. The Morgan fingerprint density at radius 1 is 1.32 bits per heavy atom. The third-order valence-corrected chi connectivity index (χ3v) is 2.65. The third kappa shape index (κ3) is 7.43. The highest BCUT2D eigenvalue weighted by atomic mass is 35.5. The lowest BCUT2D eigenvalue weighted by atomic mass is 10.1. The van der Waals surface area contributed by atoms with Crippen molar-refractivity contribution in [2.75, 3.05) is 13.2 Å². The topological polar surface area (TPSA) is 64.3 Å². The van der Waals surface area contributed by atoms with E-state index in [1.54, 1.807) is 24.3 Å². The number of nitrogens with one attached hydrogen (secondary N) is 1. The number of hydrogen-bond donors (Lipinski definition) is 2. The van der Waals surface area contributed by atoms with Crippen molar-refractivity contribution in [2.24, 2.45) is 5.73 Å². The van der Waals surface area contributed by atoms with Crippen molar-refractivity contribution in [1.82, 2.24) is 5.32 Å². The lowest BCUT2D eigenvalue weighted by Gasteiger charge is -2.20. The Labute approximate surface area is 137 Å². The van der Waals surface area contributed by atoms with Crippen molar-refractivity contribution in [3.05, 3.63) is 41.7 Å². The molecule has 1 amide bonds. The molecule has 4 nitrogen and oxygen atoms in total. The fraction of sp³-hybridized carbons (Fsp3) is 0.438. The summed E-state index contributed by atoms with van der Waals surface area (Å²) in [5.74, 6) is 0.445. The number of amides is 1. The molecule has 6 heteroatoms. The van der Waals surface area contributed by atoms with Gasteiger partial charge in [0.05, 0.1) is 6.33 Å². The van der Waals surface area contributed by atoms with E-state index < -0.39 is 0 Å². The van der Waals surface area contributed by atoms with Gasteiger partial charge in [0.15, 0.2) is 0 Å². The first-order valence-electron chi connectivity index (χ1n) is 6.89. The highest BCUT2D eigenvalue weighted by Gasteiger charge is 2.15. The molecule has 0 heterocycles. The van der Waals surface area contributed by atoms with Crippen LogP contribution < -0.4 is 15.8 Å². The van der Waals surface area contributed by atoms with E-state index in [1.807, 2.05) is 20.8 Å². The fourth-order valence-electron chi connectivity index (χ4n) is 1.63. The van der Waals surface area contributed by atoms with Crippen LogP contribution in [0, 0.1) is 0 Å². The Bertz CT molecular complexity index is 496. The van der Waals surface area contributed by atoms with Gasteiger partial charge in [0.1, 0.15) is 12.4 Å². The largest absolute Gasteiger partial charge is 0.489 e. The van der Waals surface area contributed by atoms with Gasteiger partial charge in [0.2, 0.25) is 0 Å². The molecule has 0 aliphatic rings. The summed E-state index contributed by atoms with van der Waals surface area (Å²) >= 11 is 0. The van der Waals surface area contributed by atoms with E-state index in [0.29, 0.717) is 36.2 Å². The molecular weight excluding hydrogens is 307 g/mol. The monoisotopic (exact) mass is 330 g/mol. The number of rotatable bonds is 6. The van der Waals surface area contributed by atoms with Crippen LogP contribution in [-0.2, 0) is 0 Å². The Balaban J connectivity index is 0.00000441. The van der Waals surface area contributed by atoms with Crippen LogP contribution in [0.5, 0.6) is 5.75 Å². The van der Waals surface area contributed by atoms with Crippen molar-refractivity contribution in [1.29, 1.82) is 0 Å². The summed E-state index contributed by atoms with van der Waals surface area (Å²) in [5, 5.41) is 2.88. The van der Waals surface area contributed by atoms with Crippen molar-refractivity contribution in [2.45, 2.75) is 32.7 Å². The van der Waals surface area contributed by atoms with Gasteiger partial charge in [-0.15, -0.1) is 12.4 Å². The molecule has 22 heavy (non-hydrogen) atoms. The molecule has 0 aromatic heterocycles. The highest BCUT2D eigenvalue weighted by Crippen LogP contribution is 2.14. The molecule has 0 saturated carbocycles. The number of hydrogen-bond acceptors (Lipinski definition) is 3. The Hall–Kier alpha value is -1.59. The van der Waals surface area contributed by atoms with E-state index in [1.165, 1.54) is 0 Å². The molecule has 124 valence electrons. The minimum Gasteiger partial charge on any atom is -0.489 e. The number of ether oxygens (including phenoxy) is 1. The first-order valence-corrected chi connectivity index (χ1v) is 6.89. The average Bonchev–Trinajstić information content (AvgIpc) is 2.42. The second-order valence-corrected chi connectivity index (χ2v) is 5.82. The normalized spacial score (nSPS) is 11.6. The maximum Gasteiger partial charge on any atom is 0.251 e. The summed E-state index contributed by atoms with van der Waals surface area (Å²) in [7, 11) is 0. The molecule has 3 N–H and O–H groups in total. The van der Waals surface area contributed by atoms with Crippen molar-refractivity contribution in [3.63, 3.8) is 0 Å². The van der Waals surface area contributed by atoms with Gasteiger partial charge in [0, 0.05) is 11.1 Å². The highest BCUT2D eigenvalue weighted by molar-refractivity contribution is 5.94. The first-order chi connectivity index (χ1) is 9.85. The van der Waals surface area contributed by atoms with Crippen LogP contribution in [0.4, 0.5) is 4.39 Å². The van der Waals surface area contributed by atoms with E-state index in [4.69, 9.17) is 10.5 Å². The van der Waals surface area contributed by atoms with Crippen LogP contribution in [0.25, 0.3) is 0 Å². The van der Waals surface area contributed by atoms with E-state index in [0.717, 1.165) is 0 Å². The lowest BCUT2D eigenvalue weighted by molar-refractivity contribution is 0.0919. The van der Waals surface area contributed by atoms with Gasteiger partial charge in [-0.3, -0.25) is 4.79 Å². The fourth-order valence-corrected chi connectivity index (χ4v) is 1.63. The van der Waals surface area contributed by atoms with Crippen LogP contribution in [0.1, 0.15) is 37.6 Å². The molecular formula is C16H24ClFN2O2. The molecule has 1 aromatic rings. The number of halogens is 2. The van der Waals surface area contributed by atoms with Crippen molar-refractivity contribution >= 4 is 18.3 Å². The Morgan fingerprint density at radius 3 is 2.36 bits per heavy atom. The zero-order valence-corrected chi connectivity index (χ0v) is 14.0. The Kier molecular flexibility index (Phi) is 8.75. The molecule has 0 aliphatic heterocycles. The molecule has 1 rings (SSSR count). The summed E-state index contributed by atoms with van der Waals surface area (Å²) in [6.07, 6.45) is 0.987. The lowest BCUT2D eigenvalue weighted by Crippen LogP contribution is -2.40. The quantitative estimate of drug-likeness (QED) is 0.841. The smallest absolute Gasteiger partial charge is 0.251 e. The summed E-state index contributed by atoms with van der Waals surface area (Å²) in [6, 6.07) is 6.74. The summed E-state index contributed by atoms with van der Waals surface area (Å²) in [4.78, 5) is 11.9. The van der Waals surface area contributed by atoms with Gasteiger partial charge >= 0.3 is 0 Å². The summed E-state index contributed by atoms with van der Waals surface area (Å²) in [5.41, 5.74) is 6.15. The zero-order valence-electron chi connectivity index (χ0n) is 13.2. The minimum atomic E-state index is -0.282. The molecule has 0 atom stereocenters. The number of benzene rings is 1. The van der Waals surface area contributed by atoms with Gasteiger partial charge in [-0.2, -0.15) is 0 Å². The van der Waals surface area contributed by atoms with Crippen molar-refractivity contribution < 1.29 is 13.9 Å². The zero-order chi connectivity index (χ0) is 15.9. The molecule has 0 saturated heterocycles. The van der Waals surface area contributed by atoms with Gasteiger partial charge in [0.25, 0.3) is 5.91 Å². The SMILES string of the molecule is CC(C)(C)NC(=O)c1ccc(OC/C(=C\F)CCN)cc1.Cl. The average molecular weight is 331 g/mol. The third-order valence-electron chi connectivity index (χ3n) is 2.65. The molecule has 1 aromatic carbocycles. The van der Waals surface area contributed by atoms with Gasteiger partial charge < -0.3 is 15.8 Å². The summed E-state index contributed by atoms with van der Waals surface area (Å²) < 4.78 is 18.0. The Morgan fingerprint density at radius 2 is 1.91 bits per heavy atom. The molecule has 0 spiro atoms. The van der Waals surface area contributed by atoms with Gasteiger partial charge in [-0.05, 0) is 63.6 Å². The van der Waals surface area contributed by atoms with Gasteiger partial charge in [-0.1, -0.05) is 0 Å². The first kappa shape index (κ1) is 20.4. The number of carbonyl (C=O) groups is 1. The standard InChI is InChI=1S/C16H23FN2O2.ClH/c1-16(2,3)19-15(20)13-4-6-14(7-5-13)21-11-12(10-17)8-9-18;/h4-7,10H,8-9,11,18H2,1-3H3,(H,19,20);1H/b12-10-;. The number of carbonyl (C=O) groups excluding carboxylic acids is 1. The maximum absolute atomic E-state index is 12.5.